The van der Waals surface area contributed by atoms with Crippen molar-refractivity contribution in [3.05, 3.63) is 11.2 Å². The van der Waals surface area contributed by atoms with E-state index in [2.05, 4.69) is 15.3 Å². The van der Waals surface area contributed by atoms with Crippen LogP contribution in [0.5, 0.6) is 0 Å². The molecule has 1 unspecified atom stereocenters. The molecule has 0 saturated heterocycles. The molecule has 0 aliphatic rings. The highest BCUT2D eigenvalue weighted by molar-refractivity contribution is 6.32. The minimum Gasteiger partial charge on any atom is -0.396 e. The maximum absolute atomic E-state index is 8.71. The molecule has 0 amide bonds. The van der Waals surface area contributed by atoms with E-state index in [0.29, 0.717) is 17.3 Å². The van der Waals surface area contributed by atoms with Gasteiger partial charge in [0.25, 0.3) is 0 Å². The van der Waals surface area contributed by atoms with Gasteiger partial charge in [0.1, 0.15) is 5.02 Å². The van der Waals surface area contributed by atoms with E-state index in [1.165, 1.54) is 6.20 Å². The maximum Gasteiger partial charge on any atom is 0.222 e. The number of anilines is 2. The number of rotatable bonds is 4. The molecule has 1 aromatic rings. The number of nitrogens with zero attached hydrogens (tertiary/aromatic N) is 2. The van der Waals surface area contributed by atoms with Gasteiger partial charge in [0, 0.05) is 12.6 Å². The Bertz CT molecular complexity index is 307. The van der Waals surface area contributed by atoms with Crippen LogP contribution < -0.4 is 11.1 Å². The van der Waals surface area contributed by atoms with Gasteiger partial charge in [-0.15, -0.1) is 0 Å². The van der Waals surface area contributed by atoms with Crippen molar-refractivity contribution in [2.45, 2.75) is 19.4 Å². The summed E-state index contributed by atoms with van der Waals surface area (Å²) in [6.07, 6.45) is 2.07. The van der Waals surface area contributed by atoms with Crippen LogP contribution in [0.2, 0.25) is 5.02 Å². The number of halogens is 1. The lowest BCUT2D eigenvalue weighted by atomic mass is 10.2. The molecule has 0 spiro atoms. The van der Waals surface area contributed by atoms with Crippen molar-refractivity contribution >= 4 is 23.4 Å². The van der Waals surface area contributed by atoms with Crippen LogP contribution in [0.1, 0.15) is 13.3 Å². The Morgan fingerprint density at radius 1 is 1.71 bits per heavy atom. The molecule has 5 nitrogen and oxygen atoms in total. The molecule has 0 fully saturated rings. The summed E-state index contributed by atoms with van der Waals surface area (Å²) >= 11 is 5.83. The van der Waals surface area contributed by atoms with Gasteiger partial charge in [-0.1, -0.05) is 11.6 Å². The lowest BCUT2D eigenvalue weighted by Gasteiger charge is -2.13. The Morgan fingerprint density at radius 3 is 3.07 bits per heavy atom. The molecule has 0 aromatic carbocycles. The van der Waals surface area contributed by atoms with Crippen molar-refractivity contribution in [1.82, 2.24) is 9.97 Å². The molecule has 1 aromatic heterocycles. The number of hydrogen-bond donors (Lipinski definition) is 3. The predicted molar refractivity (Wildman–Crippen MR) is 56.2 cm³/mol. The zero-order valence-electron chi connectivity index (χ0n) is 7.87. The van der Waals surface area contributed by atoms with Crippen molar-refractivity contribution in [2.75, 3.05) is 17.7 Å². The molecule has 4 N–H and O–H groups in total. The van der Waals surface area contributed by atoms with Crippen molar-refractivity contribution in [2.24, 2.45) is 0 Å². The minimum atomic E-state index is 0.0896. The van der Waals surface area contributed by atoms with E-state index in [4.69, 9.17) is 22.4 Å². The molecule has 0 aliphatic heterocycles. The number of nitrogens with two attached hydrogens (primary N) is 1. The summed E-state index contributed by atoms with van der Waals surface area (Å²) in [6.45, 7) is 2.04. The summed E-state index contributed by atoms with van der Waals surface area (Å²) in [7, 11) is 0. The van der Waals surface area contributed by atoms with Crippen LogP contribution in [0.25, 0.3) is 0 Å². The molecule has 0 saturated carbocycles. The summed E-state index contributed by atoms with van der Waals surface area (Å²) in [6, 6.07) is 0.0896. The third kappa shape index (κ3) is 3.01. The number of hydrogen-bond acceptors (Lipinski definition) is 5. The summed E-state index contributed by atoms with van der Waals surface area (Å²) in [5.74, 6) is 0.674. The van der Waals surface area contributed by atoms with Gasteiger partial charge < -0.3 is 16.2 Å². The van der Waals surface area contributed by atoms with E-state index in [9.17, 15) is 0 Å². The molecule has 6 heteroatoms. The third-order valence-corrected chi connectivity index (χ3v) is 1.98. The zero-order chi connectivity index (χ0) is 10.6. The second kappa shape index (κ2) is 4.97. The summed E-state index contributed by atoms with van der Waals surface area (Å²) in [5.41, 5.74) is 5.41. The Kier molecular flexibility index (Phi) is 3.91. The minimum absolute atomic E-state index is 0.0896. The van der Waals surface area contributed by atoms with Crippen LogP contribution in [0.3, 0.4) is 0 Å². The highest BCUT2D eigenvalue weighted by Gasteiger charge is 2.06. The van der Waals surface area contributed by atoms with Gasteiger partial charge in [0.2, 0.25) is 5.95 Å². The highest BCUT2D eigenvalue weighted by atomic mass is 35.5. The number of aromatic nitrogens is 2. The average Bonchev–Trinajstić information content (AvgIpc) is 2.12. The van der Waals surface area contributed by atoms with E-state index < -0.39 is 0 Å². The second-order valence-electron chi connectivity index (χ2n) is 2.98. The Balaban J connectivity index is 2.70. The van der Waals surface area contributed by atoms with Gasteiger partial charge >= 0.3 is 0 Å². The molecular weight excluding hydrogens is 204 g/mol. The fraction of sp³-hybridized carbons (Fsp3) is 0.500. The predicted octanol–water partition coefficient (Wildman–Crippen LogP) is 0.895. The van der Waals surface area contributed by atoms with Crippen LogP contribution in [-0.4, -0.2) is 27.7 Å². The van der Waals surface area contributed by atoms with Crippen LogP contribution in [0.15, 0.2) is 6.20 Å². The van der Waals surface area contributed by atoms with Gasteiger partial charge in [-0.25, -0.2) is 4.98 Å². The van der Waals surface area contributed by atoms with Gasteiger partial charge in [-0.05, 0) is 13.3 Å². The molecule has 1 atom stereocenters. The van der Waals surface area contributed by atoms with Gasteiger partial charge in [0.15, 0.2) is 5.82 Å². The topological polar surface area (TPSA) is 84.1 Å². The first-order valence-electron chi connectivity index (χ1n) is 4.29. The van der Waals surface area contributed by atoms with Crippen molar-refractivity contribution < 1.29 is 5.11 Å². The monoisotopic (exact) mass is 216 g/mol. The van der Waals surface area contributed by atoms with E-state index >= 15 is 0 Å². The average molecular weight is 217 g/mol. The largest absolute Gasteiger partial charge is 0.396 e. The quantitative estimate of drug-likeness (QED) is 0.696. The van der Waals surface area contributed by atoms with Crippen molar-refractivity contribution in [1.29, 1.82) is 0 Å². The smallest absolute Gasteiger partial charge is 0.222 e. The highest BCUT2D eigenvalue weighted by Crippen LogP contribution is 2.19. The van der Waals surface area contributed by atoms with Gasteiger partial charge in [-0.3, -0.25) is 0 Å². The molecule has 14 heavy (non-hydrogen) atoms. The zero-order valence-corrected chi connectivity index (χ0v) is 8.62. The van der Waals surface area contributed by atoms with Gasteiger partial charge in [-0.2, -0.15) is 4.98 Å². The second-order valence-corrected chi connectivity index (χ2v) is 3.39. The fourth-order valence-electron chi connectivity index (χ4n) is 0.981. The fourth-order valence-corrected chi connectivity index (χ4v) is 1.13. The number of aliphatic hydroxyl groups excluding tert-OH is 1. The Hall–Kier alpha value is -1.07. The van der Waals surface area contributed by atoms with Crippen LogP contribution in [0, 0.1) is 0 Å². The van der Waals surface area contributed by atoms with E-state index in [0.717, 1.165) is 0 Å². The van der Waals surface area contributed by atoms with Crippen LogP contribution >= 0.6 is 11.6 Å². The first kappa shape index (κ1) is 11.0. The van der Waals surface area contributed by atoms with E-state index in [1.54, 1.807) is 0 Å². The number of nitrogen functional groups attached to an aromatic ring is 1. The van der Waals surface area contributed by atoms with E-state index in [1.807, 2.05) is 6.92 Å². The molecular formula is C8H13ClN4O. The van der Waals surface area contributed by atoms with Crippen LogP contribution in [0.4, 0.5) is 11.8 Å². The summed E-state index contributed by atoms with van der Waals surface area (Å²) < 4.78 is 0. The van der Waals surface area contributed by atoms with Crippen molar-refractivity contribution in [3.8, 4) is 0 Å². The molecule has 1 heterocycles. The first-order valence-corrected chi connectivity index (χ1v) is 4.66. The Morgan fingerprint density at radius 2 is 2.43 bits per heavy atom. The first-order chi connectivity index (χ1) is 6.63. The van der Waals surface area contributed by atoms with Crippen molar-refractivity contribution in [3.63, 3.8) is 0 Å². The van der Waals surface area contributed by atoms with Gasteiger partial charge in [0.05, 0.1) is 6.20 Å². The van der Waals surface area contributed by atoms with E-state index in [-0.39, 0.29) is 18.6 Å². The maximum atomic E-state index is 8.71. The number of nitrogens with one attached hydrogen (secondary N) is 1. The molecule has 0 aliphatic carbocycles. The number of aliphatic hydroxyl groups is 1. The molecule has 1 rings (SSSR count). The SMILES string of the molecule is CC(CCO)Nc1nc(N)ncc1Cl. The summed E-state index contributed by atoms with van der Waals surface area (Å²) in [5, 5.41) is 12.2. The molecule has 0 bridgehead atoms. The lowest BCUT2D eigenvalue weighted by molar-refractivity contribution is 0.282. The third-order valence-electron chi connectivity index (χ3n) is 1.71. The normalized spacial score (nSPS) is 12.5. The van der Waals surface area contributed by atoms with Crippen LogP contribution in [-0.2, 0) is 0 Å². The standard InChI is InChI=1S/C8H13ClN4O/c1-5(2-3-14)12-7-6(9)4-11-8(10)13-7/h4-5,14H,2-3H2,1H3,(H3,10,11,12,13). The lowest BCUT2D eigenvalue weighted by Crippen LogP contribution is -2.18. The Labute approximate surface area is 87.3 Å². The summed E-state index contributed by atoms with van der Waals surface area (Å²) in [4.78, 5) is 7.67. The molecule has 0 radical (unpaired) electrons. The molecule has 78 valence electrons.